The van der Waals surface area contributed by atoms with E-state index in [2.05, 4.69) is 10.0 Å². The number of hydrogen-bond donors (Lipinski definition) is 2. The van der Waals surface area contributed by atoms with Crippen LogP contribution in [0.15, 0.2) is 36.4 Å². The second kappa shape index (κ2) is 13.5. The van der Waals surface area contributed by atoms with Gasteiger partial charge in [0.05, 0.1) is 29.1 Å². The zero-order valence-electron chi connectivity index (χ0n) is 20.1. The SMILES string of the molecule is CCOC(=O)NC1CCc2ccc(OCCNS(=O)(=O)CCCF)cc2C1Cc1ccc(Cl)c(Cl)c1. The number of sulfonamides is 1. The molecule has 198 valence electrons. The van der Waals surface area contributed by atoms with Crippen molar-refractivity contribution in [1.82, 2.24) is 10.0 Å². The number of rotatable bonds is 12. The number of aryl methyl sites for hydroxylation is 1. The normalized spacial score (nSPS) is 17.3. The number of hydrogen-bond acceptors (Lipinski definition) is 5. The van der Waals surface area contributed by atoms with Gasteiger partial charge >= 0.3 is 6.09 Å². The summed E-state index contributed by atoms with van der Waals surface area (Å²) in [5, 5.41) is 3.94. The first-order valence-electron chi connectivity index (χ1n) is 11.9. The molecular weight excluding hydrogens is 530 g/mol. The molecule has 0 saturated carbocycles. The molecule has 0 radical (unpaired) electrons. The molecule has 11 heteroatoms. The van der Waals surface area contributed by atoms with Crippen LogP contribution in [0.2, 0.25) is 10.0 Å². The van der Waals surface area contributed by atoms with Crippen LogP contribution in [0, 0.1) is 0 Å². The summed E-state index contributed by atoms with van der Waals surface area (Å²) in [6, 6.07) is 11.1. The molecule has 1 amide bonds. The number of alkyl halides is 1. The minimum absolute atomic E-state index is 0.0395. The van der Waals surface area contributed by atoms with Crippen LogP contribution < -0.4 is 14.8 Å². The Morgan fingerprint density at radius 3 is 2.69 bits per heavy atom. The van der Waals surface area contributed by atoms with Crippen LogP contribution in [0.1, 0.15) is 42.4 Å². The predicted octanol–water partition coefficient (Wildman–Crippen LogP) is 5.04. The molecule has 36 heavy (non-hydrogen) atoms. The topological polar surface area (TPSA) is 93.7 Å². The van der Waals surface area contributed by atoms with E-state index in [1.54, 1.807) is 13.0 Å². The lowest BCUT2D eigenvalue weighted by molar-refractivity contribution is 0.144. The van der Waals surface area contributed by atoms with Gasteiger partial charge in [-0.2, -0.15) is 0 Å². The highest BCUT2D eigenvalue weighted by Gasteiger charge is 2.32. The number of ether oxygens (including phenoxy) is 2. The quantitative estimate of drug-likeness (QED) is 0.355. The zero-order chi connectivity index (χ0) is 26.1. The summed E-state index contributed by atoms with van der Waals surface area (Å²) in [6.07, 6.45) is 1.64. The minimum atomic E-state index is -3.53. The molecule has 3 rings (SSSR count). The van der Waals surface area contributed by atoms with Gasteiger partial charge in [-0.15, -0.1) is 0 Å². The second-order valence-electron chi connectivity index (χ2n) is 8.53. The van der Waals surface area contributed by atoms with Gasteiger partial charge in [-0.05, 0) is 73.6 Å². The molecule has 0 spiro atoms. The van der Waals surface area contributed by atoms with Crippen LogP contribution in [0.5, 0.6) is 5.75 Å². The van der Waals surface area contributed by atoms with Gasteiger partial charge in [0, 0.05) is 18.5 Å². The lowest BCUT2D eigenvalue weighted by atomic mass is 9.76. The van der Waals surface area contributed by atoms with Crippen LogP contribution in [0.4, 0.5) is 9.18 Å². The molecular formula is C25H31Cl2FN2O5S. The van der Waals surface area contributed by atoms with E-state index in [1.807, 2.05) is 30.3 Å². The molecule has 0 bridgehead atoms. The van der Waals surface area contributed by atoms with E-state index >= 15 is 0 Å². The average Bonchev–Trinajstić information content (AvgIpc) is 2.84. The number of nitrogens with one attached hydrogen (secondary N) is 2. The fraction of sp³-hybridized carbons (Fsp3) is 0.480. The highest BCUT2D eigenvalue weighted by molar-refractivity contribution is 7.89. The van der Waals surface area contributed by atoms with Crippen LogP contribution in [-0.4, -0.2) is 52.7 Å². The Bertz CT molecular complexity index is 1150. The monoisotopic (exact) mass is 560 g/mol. The van der Waals surface area contributed by atoms with Gasteiger partial charge in [0.15, 0.2) is 0 Å². The Hall–Kier alpha value is -2.07. The molecule has 7 nitrogen and oxygen atoms in total. The van der Waals surface area contributed by atoms with Crippen molar-refractivity contribution in [3.05, 3.63) is 63.1 Å². The van der Waals surface area contributed by atoms with Crippen molar-refractivity contribution in [1.29, 1.82) is 0 Å². The van der Waals surface area contributed by atoms with Crippen molar-refractivity contribution < 1.29 is 27.1 Å². The number of amides is 1. The van der Waals surface area contributed by atoms with Gasteiger partial charge in [0.2, 0.25) is 10.0 Å². The van der Waals surface area contributed by atoms with Gasteiger partial charge in [0.25, 0.3) is 0 Å². The maximum atomic E-state index is 12.3. The second-order valence-corrected chi connectivity index (χ2v) is 11.3. The smallest absolute Gasteiger partial charge is 0.407 e. The number of benzene rings is 2. The standard InChI is InChI=1S/C25H31Cl2FN2O5S/c1-2-34-25(31)30-24-9-6-18-5-7-19(35-12-11-29-36(32,33)13-3-10-28)16-20(18)21(24)14-17-4-8-22(26)23(27)15-17/h4-5,7-8,15-16,21,24,29H,2-3,6,9-14H2,1H3,(H,30,31). The molecule has 2 unspecified atom stereocenters. The Balaban J connectivity index is 1.76. The highest BCUT2D eigenvalue weighted by Crippen LogP contribution is 2.37. The zero-order valence-corrected chi connectivity index (χ0v) is 22.4. The number of carbonyl (C=O) groups excluding carboxylic acids is 1. The molecule has 2 aromatic rings. The van der Waals surface area contributed by atoms with Gasteiger partial charge in [-0.1, -0.05) is 35.3 Å². The molecule has 0 saturated heterocycles. The van der Waals surface area contributed by atoms with E-state index in [4.69, 9.17) is 32.7 Å². The first kappa shape index (κ1) is 28.5. The first-order chi connectivity index (χ1) is 17.2. The van der Waals surface area contributed by atoms with Gasteiger partial charge in [-0.25, -0.2) is 17.9 Å². The molecule has 2 atom stereocenters. The van der Waals surface area contributed by atoms with E-state index in [1.165, 1.54) is 0 Å². The molecule has 0 heterocycles. The van der Waals surface area contributed by atoms with Crippen LogP contribution in [0.3, 0.4) is 0 Å². The Labute approximate surface area is 221 Å². The summed E-state index contributed by atoms with van der Waals surface area (Å²) in [5.74, 6) is 0.263. The van der Waals surface area contributed by atoms with E-state index in [-0.39, 0.29) is 43.9 Å². The molecule has 0 aliphatic heterocycles. The fourth-order valence-corrected chi connectivity index (χ4v) is 5.67. The van der Waals surface area contributed by atoms with Gasteiger partial charge < -0.3 is 14.8 Å². The minimum Gasteiger partial charge on any atom is -0.492 e. The Morgan fingerprint density at radius 2 is 1.97 bits per heavy atom. The maximum Gasteiger partial charge on any atom is 0.407 e. The third-order valence-corrected chi connectivity index (χ3v) is 8.19. The van der Waals surface area contributed by atoms with Crippen molar-refractivity contribution >= 4 is 39.3 Å². The molecule has 1 aliphatic rings. The lowest BCUT2D eigenvalue weighted by Gasteiger charge is -2.34. The predicted molar refractivity (Wildman–Crippen MR) is 139 cm³/mol. The summed E-state index contributed by atoms with van der Waals surface area (Å²) in [7, 11) is -3.53. The Morgan fingerprint density at radius 1 is 1.17 bits per heavy atom. The van der Waals surface area contributed by atoms with Crippen LogP contribution in [0.25, 0.3) is 0 Å². The van der Waals surface area contributed by atoms with Crippen molar-refractivity contribution in [2.24, 2.45) is 0 Å². The van der Waals surface area contributed by atoms with E-state index < -0.39 is 22.8 Å². The van der Waals surface area contributed by atoms with Crippen molar-refractivity contribution in [2.45, 2.75) is 44.6 Å². The summed E-state index contributed by atoms with van der Waals surface area (Å²) in [4.78, 5) is 12.2. The maximum absolute atomic E-state index is 12.3. The summed E-state index contributed by atoms with van der Waals surface area (Å²) < 4.78 is 49.3. The molecule has 1 aliphatic carbocycles. The van der Waals surface area contributed by atoms with E-state index in [0.29, 0.717) is 22.2 Å². The average molecular weight is 562 g/mol. The number of fused-ring (bicyclic) bond motifs is 1. The number of carbonyl (C=O) groups is 1. The molecule has 0 aromatic heterocycles. The fourth-order valence-electron chi connectivity index (χ4n) is 4.32. The van der Waals surface area contributed by atoms with Gasteiger partial charge in [0.1, 0.15) is 12.4 Å². The van der Waals surface area contributed by atoms with Crippen LogP contribution >= 0.6 is 23.2 Å². The van der Waals surface area contributed by atoms with Crippen molar-refractivity contribution in [2.75, 3.05) is 32.2 Å². The molecule has 2 N–H and O–H groups in total. The number of alkyl carbamates (subject to hydrolysis) is 1. The largest absolute Gasteiger partial charge is 0.492 e. The van der Waals surface area contributed by atoms with E-state index in [9.17, 15) is 17.6 Å². The first-order valence-corrected chi connectivity index (χ1v) is 14.3. The number of halogens is 3. The van der Waals surface area contributed by atoms with E-state index in [0.717, 1.165) is 29.5 Å². The lowest BCUT2D eigenvalue weighted by Crippen LogP contribution is -2.43. The third kappa shape index (κ3) is 8.23. The van der Waals surface area contributed by atoms with Gasteiger partial charge in [-0.3, -0.25) is 4.39 Å². The molecule has 0 fully saturated rings. The molecule has 2 aromatic carbocycles. The van der Waals surface area contributed by atoms with Crippen molar-refractivity contribution in [3.63, 3.8) is 0 Å². The summed E-state index contributed by atoms with van der Waals surface area (Å²) in [5.41, 5.74) is 3.17. The Kier molecular flexibility index (Phi) is 10.7. The van der Waals surface area contributed by atoms with Crippen molar-refractivity contribution in [3.8, 4) is 5.75 Å². The summed E-state index contributed by atoms with van der Waals surface area (Å²) >= 11 is 12.3. The third-order valence-electron chi connectivity index (χ3n) is 5.98. The highest BCUT2D eigenvalue weighted by atomic mass is 35.5. The summed E-state index contributed by atoms with van der Waals surface area (Å²) in [6.45, 7) is 1.55. The van der Waals surface area contributed by atoms with Crippen LogP contribution in [-0.2, 0) is 27.6 Å².